The molecule has 4 aromatic rings. The fraction of sp³-hybridized carbons (Fsp3) is 0.407. The Morgan fingerprint density at radius 3 is 2.61 bits per heavy atom. The van der Waals surface area contributed by atoms with Gasteiger partial charge in [0.05, 0.1) is 41.6 Å². The van der Waals surface area contributed by atoms with Gasteiger partial charge < -0.3 is 24.7 Å². The standard InChI is InChI=1S/C27H31N9O2/c1-29-22-4-2-3-21-23-25(31-24(21)22)32-27(38-20-15-19(16-28)17-30-18-20)33-26(23)36-9-7-34(8-10-36)5-6-35-11-13-37-14-12-35/h2-4,15,17-18,29H,5-14H2,1H3,(H,31,32,33). The van der Waals surface area contributed by atoms with Crippen LogP contribution in [0.1, 0.15) is 5.56 Å². The lowest BCUT2D eigenvalue weighted by atomic mass is 10.1. The van der Waals surface area contributed by atoms with Gasteiger partial charge >= 0.3 is 6.01 Å². The number of nitrogens with zero attached hydrogens (tertiary/aromatic N) is 7. The van der Waals surface area contributed by atoms with E-state index in [9.17, 15) is 5.26 Å². The van der Waals surface area contributed by atoms with Crippen LogP contribution in [0, 0.1) is 11.3 Å². The van der Waals surface area contributed by atoms with E-state index in [2.05, 4.69) is 42.1 Å². The number of benzene rings is 1. The van der Waals surface area contributed by atoms with Crippen LogP contribution in [0.2, 0.25) is 0 Å². The highest BCUT2D eigenvalue weighted by Crippen LogP contribution is 2.36. The minimum Gasteiger partial charge on any atom is -0.422 e. The molecule has 5 heterocycles. The van der Waals surface area contributed by atoms with Gasteiger partial charge in [-0.2, -0.15) is 15.2 Å². The van der Waals surface area contributed by atoms with Gasteiger partial charge in [0.2, 0.25) is 0 Å². The summed E-state index contributed by atoms with van der Waals surface area (Å²) in [6.07, 6.45) is 3.06. The van der Waals surface area contributed by atoms with Crippen LogP contribution in [-0.2, 0) is 4.74 Å². The molecule has 6 rings (SSSR count). The summed E-state index contributed by atoms with van der Waals surface area (Å²) < 4.78 is 11.5. The van der Waals surface area contributed by atoms with E-state index in [1.165, 1.54) is 6.20 Å². The van der Waals surface area contributed by atoms with Crippen molar-refractivity contribution >= 4 is 33.4 Å². The number of rotatable bonds is 7. The van der Waals surface area contributed by atoms with Gasteiger partial charge in [-0.25, -0.2) is 0 Å². The third-order valence-electron chi connectivity index (χ3n) is 7.28. The molecule has 0 aliphatic carbocycles. The maximum atomic E-state index is 9.24. The Hall–Kier alpha value is -3.98. The maximum Gasteiger partial charge on any atom is 0.326 e. The van der Waals surface area contributed by atoms with Gasteiger partial charge in [-0.15, -0.1) is 0 Å². The van der Waals surface area contributed by atoms with Crippen molar-refractivity contribution in [3.63, 3.8) is 0 Å². The first-order chi connectivity index (χ1) is 18.7. The summed E-state index contributed by atoms with van der Waals surface area (Å²) >= 11 is 0. The maximum absolute atomic E-state index is 9.24. The number of piperazine rings is 1. The molecule has 0 bridgehead atoms. The molecule has 2 saturated heterocycles. The smallest absolute Gasteiger partial charge is 0.326 e. The number of para-hydroxylation sites is 1. The van der Waals surface area contributed by atoms with Gasteiger partial charge in [-0.1, -0.05) is 12.1 Å². The molecule has 0 unspecified atom stereocenters. The summed E-state index contributed by atoms with van der Waals surface area (Å²) in [5, 5.41) is 14.6. The number of hydrogen-bond donors (Lipinski definition) is 2. The Balaban J connectivity index is 1.29. The molecule has 0 amide bonds. The fourth-order valence-corrected chi connectivity index (χ4v) is 5.20. The van der Waals surface area contributed by atoms with Crippen molar-refractivity contribution < 1.29 is 9.47 Å². The van der Waals surface area contributed by atoms with Gasteiger partial charge in [-0.05, 0) is 6.07 Å². The zero-order chi connectivity index (χ0) is 25.9. The molecule has 1 aromatic carbocycles. The second kappa shape index (κ2) is 10.8. The van der Waals surface area contributed by atoms with Gasteiger partial charge in [-0.3, -0.25) is 14.8 Å². The number of nitriles is 1. The predicted octanol–water partition coefficient (Wildman–Crippen LogP) is 2.67. The number of hydrogen-bond acceptors (Lipinski definition) is 10. The van der Waals surface area contributed by atoms with Crippen LogP contribution in [0.3, 0.4) is 0 Å². The molecule has 3 aromatic heterocycles. The lowest BCUT2D eigenvalue weighted by molar-refractivity contribution is 0.0331. The minimum atomic E-state index is 0.219. The van der Waals surface area contributed by atoms with Crippen molar-refractivity contribution in [1.29, 1.82) is 5.26 Å². The number of anilines is 2. The number of pyridine rings is 1. The van der Waals surface area contributed by atoms with Crippen molar-refractivity contribution in [3.8, 4) is 17.8 Å². The van der Waals surface area contributed by atoms with Gasteiger partial charge in [0, 0.05) is 77.1 Å². The number of ether oxygens (including phenoxy) is 2. The molecule has 2 fully saturated rings. The number of aromatic nitrogens is 4. The molecular formula is C27H31N9O2. The summed E-state index contributed by atoms with van der Waals surface area (Å²) in [6.45, 7) is 9.47. The normalized spacial score (nSPS) is 17.1. The van der Waals surface area contributed by atoms with E-state index in [0.717, 1.165) is 93.4 Å². The molecule has 196 valence electrons. The van der Waals surface area contributed by atoms with E-state index in [1.807, 2.05) is 19.2 Å². The van der Waals surface area contributed by atoms with Crippen molar-refractivity contribution in [1.82, 2.24) is 29.7 Å². The fourth-order valence-electron chi connectivity index (χ4n) is 5.20. The van der Waals surface area contributed by atoms with Crippen molar-refractivity contribution in [2.24, 2.45) is 0 Å². The summed E-state index contributed by atoms with van der Waals surface area (Å²) in [5.41, 5.74) is 3.10. The topological polar surface area (TPSA) is 118 Å². The average Bonchev–Trinajstić information content (AvgIpc) is 3.35. The van der Waals surface area contributed by atoms with Gasteiger partial charge in [0.25, 0.3) is 0 Å². The molecule has 0 saturated carbocycles. The van der Waals surface area contributed by atoms with Crippen molar-refractivity contribution in [2.45, 2.75) is 0 Å². The number of morpholine rings is 1. The molecule has 2 aliphatic heterocycles. The minimum absolute atomic E-state index is 0.219. The van der Waals surface area contributed by atoms with Crippen LogP contribution < -0.4 is 15.0 Å². The van der Waals surface area contributed by atoms with E-state index in [1.54, 1.807) is 12.3 Å². The first kappa shape index (κ1) is 24.4. The molecule has 38 heavy (non-hydrogen) atoms. The summed E-state index contributed by atoms with van der Waals surface area (Å²) in [6, 6.07) is 10.1. The molecule has 0 spiro atoms. The third kappa shape index (κ3) is 4.93. The number of H-pyrrole nitrogens is 1. The zero-order valence-corrected chi connectivity index (χ0v) is 21.5. The SMILES string of the molecule is CNc1cccc2c1[nH]c1nc(Oc3cncc(C#N)c3)nc(N3CCN(CCN4CCOCC4)CC3)c12. The Labute approximate surface area is 221 Å². The van der Waals surface area contributed by atoms with Crippen LogP contribution in [0.4, 0.5) is 11.5 Å². The Morgan fingerprint density at radius 2 is 1.84 bits per heavy atom. The van der Waals surface area contributed by atoms with Gasteiger partial charge in [0.1, 0.15) is 17.5 Å². The Morgan fingerprint density at radius 1 is 1.05 bits per heavy atom. The number of fused-ring (bicyclic) bond motifs is 3. The first-order valence-electron chi connectivity index (χ1n) is 13.0. The quantitative estimate of drug-likeness (QED) is 0.382. The Kier molecular flexibility index (Phi) is 6.92. The second-order valence-corrected chi connectivity index (χ2v) is 9.56. The summed E-state index contributed by atoms with van der Waals surface area (Å²) in [5.74, 6) is 1.27. The molecule has 0 atom stereocenters. The van der Waals surface area contributed by atoms with E-state index in [-0.39, 0.29) is 6.01 Å². The lowest BCUT2D eigenvalue weighted by Crippen LogP contribution is -2.49. The van der Waals surface area contributed by atoms with Gasteiger partial charge in [0.15, 0.2) is 5.75 Å². The molecule has 0 radical (unpaired) electrons. The van der Waals surface area contributed by atoms with Crippen LogP contribution in [0.15, 0.2) is 36.7 Å². The summed E-state index contributed by atoms with van der Waals surface area (Å²) in [7, 11) is 1.91. The van der Waals surface area contributed by atoms with Crippen molar-refractivity contribution in [3.05, 3.63) is 42.2 Å². The highest BCUT2D eigenvalue weighted by Gasteiger charge is 2.24. The largest absolute Gasteiger partial charge is 0.422 e. The monoisotopic (exact) mass is 513 g/mol. The first-order valence-corrected chi connectivity index (χ1v) is 13.0. The van der Waals surface area contributed by atoms with E-state index < -0.39 is 0 Å². The van der Waals surface area contributed by atoms with Crippen LogP contribution in [-0.4, -0.2) is 102 Å². The zero-order valence-electron chi connectivity index (χ0n) is 21.5. The Bertz CT molecular complexity index is 1470. The second-order valence-electron chi connectivity index (χ2n) is 9.56. The van der Waals surface area contributed by atoms with Crippen LogP contribution >= 0.6 is 0 Å². The van der Waals surface area contributed by atoms with Crippen molar-refractivity contribution in [2.75, 3.05) is 82.8 Å². The highest BCUT2D eigenvalue weighted by atomic mass is 16.5. The highest BCUT2D eigenvalue weighted by molar-refractivity contribution is 6.14. The molecule has 11 nitrogen and oxygen atoms in total. The molecule has 2 aliphatic rings. The number of nitrogens with one attached hydrogen (secondary N) is 2. The van der Waals surface area contributed by atoms with E-state index >= 15 is 0 Å². The molecular weight excluding hydrogens is 482 g/mol. The molecule has 11 heteroatoms. The van der Waals surface area contributed by atoms with E-state index in [4.69, 9.17) is 19.4 Å². The van der Waals surface area contributed by atoms with E-state index in [0.29, 0.717) is 17.0 Å². The van der Waals surface area contributed by atoms with Crippen LogP contribution in [0.25, 0.3) is 21.9 Å². The average molecular weight is 514 g/mol. The molecule has 2 N–H and O–H groups in total. The van der Waals surface area contributed by atoms with Crippen LogP contribution in [0.5, 0.6) is 11.8 Å². The lowest BCUT2D eigenvalue weighted by Gasteiger charge is -2.37. The number of aromatic amines is 1. The summed E-state index contributed by atoms with van der Waals surface area (Å²) in [4.78, 5) is 24.5. The predicted molar refractivity (Wildman–Crippen MR) is 146 cm³/mol. The third-order valence-corrected chi connectivity index (χ3v) is 7.28.